The summed E-state index contributed by atoms with van der Waals surface area (Å²) in [5.41, 5.74) is 11.0. The quantitative estimate of drug-likeness (QED) is 0.887. The van der Waals surface area contributed by atoms with Crippen LogP contribution in [-0.4, -0.2) is 21.0 Å². The SMILES string of the molecule is Cc1cc(C)cc(CC(N)Cc2cn(C)nn2)c1. The number of nitrogens with two attached hydrogens (primary N) is 1. The normalized spacial score (nSPS) is 12.7. The Morgan fingerprint density at radius 1 is 1.17 bits per heavy atom. The Balaban J connectivity index is 2.00. The minimum atomic E-state index is 0.0860. The molecule has 0 amide bonds. The van der Waals surface area contributed by atoms with Gasteiger partial charge in [0.05, 0.1) is 5.69 Å². The smallest absolute Gasteiger partial charge is 0.0842 e. The lowest BCUT2D eigenvalue weighted by molar-refractivity contribution is 0.650. The molecule has 0 aliphatic carbocycles. The minimum Gasteiger partial charge on any atom is -0.327 e. The first kappa shape index (κ1) is 12.8. The van der Waals surface area contributed by atoms with Crippen molar-refractivity contribution in [3.63, 3.8) is 0 Å². The molecule has 0 radical (unpaired) electrons. The molecule has 0 bridgehead atoms. The molecule has 2 rings (SSSR count). The number of aromatic nitrogens is 3. The molecule has 0 saturated carbocycles. The Labute approximate surface area is 108 Å². The van der Waals surface area contributed by atoms with Crippen LogP contribution >= 0.6 is 0 Å². The molecular weight excluding hydrogens is 224 g/mol. The van der Waals surface area contributed by atoms with Crippen molar-refractivity contribution in [1.82, 2.24) is 15.0 Å². The van der Waals surface area contributed by atoms with Crippen LogP contribution in [0.4, 0.5) is 0 Å². The zero-order chi connectivity index (χ0) is 13.1. The number of hydrogen-bond donors (Lipinski definition) is 1. The minimum absolute atomic E-state index is 0.0860. The molecule has 1 aromatic heterocycles. The summed E-state index contributed by atoms with van der Waals surface area (Å²) in [6.45, 7) is 4.23. The van der Waals surface area contributed by atoms with Crippen molar-refractivity contribution in [2.75, 3.05) is 0 Å². The highest BCUT2D eigenvalue weighted by atomic mass is 15.4. The number of hydrogen-bond acceptors (Lipinski definition) is 3. The lowest BCUT2D eigenvalue weighted by Crippen LogP contribution is -2.25. The molecule has 1 unspecified atom stereocenters. The second-order valence-electron chi connectivity index (χ2n) is 5.05. The molecule has 0 aliphatic heterocycles. The van der Waals surface area contributed by atoms with Gasteiger partial charge in [0.2, 0.25) is 0 Å². The molecule has 96 valence electrons. The zero-order valence-electron chi connectivity index (χ0n) is 11.2. The van der Waals surface area contributed by atoms with E-state index in [-0.39, 0.29) is 6.04 Å². The van der Waals surface area contributed by atoms with E-state index in [1.165, 1.54) is 16.7 Å². The van der Waals surface area contributed by atoms with Crippen molar-refractivity contribution < 1.29 is 0 Å². The van der Waals surface area contributed by atoms with Crippen molar-refractivity contribution in [1.29, 1.82) is 0 Å². The van der Waals surface area contributed by atoms with Gasteiger partial charge in [-0.15, -0.1) is 5.10 Å². The van der Waals surface area contributed by atoms with E-state index >= 15 is 0 Å². The molecule has 1 heterocycles. The van der Waals surface area contributed by atoms with Crippen molar-refractivity contribution in [3.8, 4) is 0 Å². The van der Waals surface area contributed by atoms with Crippen LogP contribution in [0.1, 0.15) is 22.4 Å². The fourth-order valence-electron chi connectivity index (χ4n) is 2.32. The number of nitrogens with zero attached hydrogens (tertiary/aromatic N) is 3. The Bertz CT molecular complexity index is 510. The summed E-state index contributed by atoms with van der Waals surface area (Å²) in [7, 11) is 1.87. The molecule has 18 heavy (non-hydrogen) atoms. The summed E-state index contributed by atoms with van der Waals surface area (Å²) in [5, 5.41) is 7.98. The molecule has 4 nitrogen and oxygen atoms in total. The van der Waals surface area contributed by atoms with Crippen LogP contribution < -0.4 is 5.73 Å². The van der Waals surface area contributed by atoms with E-state index in [1.54, 1.807) is 4.68 Å². The van der Waals surface area contributed by atoms with Crippen LogP contribution in [0.3, 0.4) is 0 Å². The summed E-state index contributed by atoms with van der Waals surface area (Å²) in [6.07, 6.45) is 3.56. The standard InChI is InChI=1S/C14H20N4/c1-10-4-11(2)6-12(5-10)7-13(15)8-14-9-18(3)17-16-14/h4-6,9,13H,7-8,15H2,1-3H3. The zero-order valence-corrected chi connectivity index (χ0v) is 11.2. The second kappa shape index (κ2) is 5.31. The van der Waals surface area contributed by atoms with E-state index in [0.29, 0.717) is 0 Å². The monoisotopic (exact) mass is 244 g/mol. The van der Waals surface area contributed by atoms with Gasteiger partial charge < -0.3 is 5.73 Å². The highest BCUT2D eigenvalue weighted by Gasteiger charge is 2.08. The maximum Gasteiger partial charge on any atom is 0.0842 e. The van der Waals surface area contributed by atoms with Crippen LogP contribution in [0.15, 0.2) is 24.4 Å². The molecule has 2 aromatic rings. The molecule has 0 saturated heterocycles. The maximum atomic E-state index is 6.17. The van der Waals surface area contributed by atoms with Gasteiger partial charge >= 0.3 is 0 Å². The van der Waals surface area contributed by atoms with Crippen LogP contribution in [0.2, 0.25) is 0 Å². The van der Waals surface area contributed by atoms with Crippen LogP contribution in [0.25, 0.3) is 0 Å². The third-order valence-corrected chi connectivity index (χ3v) is 2.90. The molecule has 0 spiro atoms. The van der Waals surface area contributed by atoms with E-state index in [4.69, 9.17) is 5.73 Å². The van der Waals surface area contributed by atoms with Crippen molar-refractivity contribution in [2.24, 2.45) is 12.8 Å². The van der Waals surface area contributed by atoms with Gasteiger partial charge in [-0.2, -0.15) is 0 Å². The van der Waals surface area contributed by atoms with E-state index in [0.717, 1.165) is 18.5 Å². The van der Waals surface area contributed by atoms with Crippen LogP contribution in [-0.2, 0) is 19.9 Å². The molecule has 0 aliphatic rings. The highest BCUT2D eigenvalue weighted by molar-refractivity contribution is 5.29. The van der Waals surface area contributed by atoms with E-state index in [1.807, 2.05) is 13.2 Å². The van der Waals surface area contributed by atoms with E-state index in [9.17, 15) is 0 Å². The average Bonchev–Trinajstić information content (AvgIpc) is 2.61. The summed E-state index contributed by atoms with van der Waals surface area (Å²) >= 11 is 0. The molecular formula is C14H20N4. The molecule has 1 aromatic carbocycles. The summed E-state index contributed by atoms with van der Waals surface area (Å²) in [4.78, 5) is 0. The van der Waals surface area contributed by atoms with Crippen LogP contribution in [0, 0.1) is 13.8 Å². The Kier molecular flexibility index (Phi) is 3.77. The van der Waals surface area contributed by atoms with Gasteiger partial charge in [0.15, 0.2) is 0 Å². The predicted molar refractivity (Wildman–Crippen MR) is 72.3 cm³/mol. The summed E-state index contributed by atoms with van der Waals surface area (Å²) in [5.74, 6) is 0. The first-order valence-corrected chi connectivity index (χ1v) is 6.21. The third-order valence-electron chi connectivity index (χ3n) is 2.90. The molecule has 4 heteroatoms. The first-order chi connectivity index (χ1) is 8.52. The van der Waals surface area contributed by atoms with Gasteiger partial charge in [0, 0.05) is 25.7 Å². The number of benzene rings is 1. The maximum absolute atomic E-state index is 6.17. The largest absolute Gasteiger partial charge is 0.327 e. The Morgan fingerprint density at radius 2 is 1.83 bits per heavy atom. The third kappa shape index (κ3) is 3.40. The van der Waals surface area contributed by atoms with Gasteiger partial charge in [-0.25, -0.2) is 0 Å². The van der Waals surface area contributed by atoms with E-state index in [2.05, 4.69) is 42.4 Å². The number of rotatable bonds is 4. The van der Waals surface area contributed by atoms with Gasteiger partial charge in [-0.1, -0.05) is 34.5 Å². The van der Waals surface area contributed by atoms with Crippen molar-refractivity contribution in [2.45, 2.75) is 32.7 Å². The first-order valence-electron chi connectivity index (χ1n) is 6.21. The molecule has 1 atom stereocenters. The molecule has 0 fully saturated rings. The second-order valence-corrected chi connectivity index (χ2v) is 5.05. The average molecular weight is 244 g/mol. The fourth-order valence-corrected chi connectivity index (χ4v) is 2.32. The van der Waals surface area contributed by atoms with Gasteiger partial charge in [-0.3, -0.25) is 4.68 Å². The fraction of sp³-hybridized carbons (Fsp3) is 0.429. The Morgan fingerprint density at radius 3 is 2.39 bits per heavy atom. The van der Waals surface area contributed by atoms with E-state index < -0.39 is 0 Å². The van der Waals surface area contributed by atoms with Gasteiger partial charge in [0.25, 0.3) is 0 Å². The van der Waals surface area contributed by atoms with Crippen molar-refractivity contribution in [3.05, 3.63) is 46.8 Å². The highest BCUT2D eigenvalue weighted by Crippen LogP contribution is 2.11. The van der Waals surface area contributed by atoms with Gasteiger partial charge in [-0.05, 0) is 25.8 Å². The topological polar surface area (TPSA) is 56.7 Å². The van der Waals surface area contributed by atoms with Gasteiger partial charge in [0.1, 0.15) is 0 Å². The Hall–Kier alpha value is -1.68. The van der Waals surface area contributed by atoms with Crippen LogP contribution in [0.5, 0.6) is 0 Å². The summed E-state index contributed by atoms with van der Waals surface area (Å²) in [6, 6.07) is 6.66. The molecule has 2 N–H and O–H groups in total. The predicted octanol–water partition coefficient (Wildman–Crippen LogP) is 1.54. The summed E-state index contributed by atoms with van der Waals surface area (Å²) < 4.78 is 1.71. The number of aryl methyl sites for hydroxylation is 3. The lowest BCUT2D eigenvalue weighted by Gasteiger charge is -2.11. The lowest BCUT2D eigenvalue weighted by atomic mass is 9.99. The van der Waals surface area contributed by atoms with Crippen molar-refractivity contribution >= 4 is 0 Å².